The molecule has 0 aliphatic rings. The van der Waals surface area contributed by atoms with E-state index in [1.807, 2.05) is 12.1 Å². The summed E-state index contributed by atoms with van der Waals surface area (Å²) in [5.74, 6) is -1.56. The molecule has 168 valence electrons. The van der Waals surface area contributed by atoms with Crippen LogP contribution in [-0.4, -0.2) is 27.9 Å². The van der Waals surface area contributed by atoms with Gasteiger partial charge in [0.1, 0.15) is 5.82 Å². The summed E-state index contributed by atoms with van der Waals surface area (Å²) in [6.07, 6.45) is -1.51. The SMILES string of the molecule is CNc1ncc2cc(-c3cccc(NC(=O)c4cc(F)cc(C(F)(F)F)c4)c3C)cnc2n1. The number of aromatic nitrogens is 3. The van der Waals surface area contributed by atoms with Crippen LogP contribution in [0.4, 0.5) is 29.2 Å². The minimum atomic E-state index is -4.77. The van der Waals surface area contributed by atoms with Crippen molar-refractivity contribution in [2.24, 2.45) is 0 Å². The lowest BCUT2D eigenvalue weighted by atomic mass is 9.99. The van der Waals surface area contributed by atoms with Gasteiger partial charge >= 0.3 is 6.18 Å². The van der Waals surface area contributed by atoms with Crippen molar-refractivity contribution in [3.8, 4) is 11.1 Å². The lowest BCUT2D eigenvalue weighted by Gasteiger charge is -2.14. The molecule has 0 bridgehead atoms. The van der Waals surface area contributed by atoms with E-state index in [4.69, 9.17) is 0 Å². The van der Waals surface area contributed by atoms with E-state index < -0.39 is 29.0 Å². The number of fused-ring (bicyclic) bond motifs is 1. The Morgan fingerprint density at radius 2 is 1.82 bits per heavy atom. The number of nitrogens with one attached hydrogen (secondary N) is 2. The molecule has 0 aliphatic heterocycles. The largest absolute Gasteiger partial charge is 0.416 e. The first kappa shape index (κ1) is 22.1. The van der Waals surface area contributed by atoms with E-state index in [0.717, 1.165) is 17.2 Å². The molecular formula is C23H17F4N5O. The van der Waals surface area contributed by atoms with E-state index in [-0.39, 0.29) is 0 Å². The van der Waals surface area contributed by atoms with Gasteiger partial charge in [-0.1, -0.05) is 12.1 Å². The molecule has 0 saturated heterocycles. The highest BCUT2D eigenvalue weighted by Crippen LogP contribution is 2.32. The van der Waals surface area contributed by atoms with Crippen LogP contribution in [0.2, 0.25) is 0 Å². The highest BCUT2D eigenvalue weighted by molar-refractivity contribution is 6.05. The van der Waals surface area contributed by atoms with Crippen LogP contribution in [0.5, 0.6) is 0 Å². The molecule has 0 atom stereocenters. The third kappa shape index (κ3) is 4.59. The van der Waals surface area contributed by atoms with E-state index in [9.17, 15) is 22.4 Å². The normalized spacial score (nSPS) is 11.5. The van der Waals surface area contributed by atoms with Gasteiger partial charge in [-0.05, 0) is 48.4 Å². The average molecular weight is 455 g/mol. The highest BCUT2D eigenvalue weighted by atomic mass is 19.4. The highest BCUT2D eigenvalue weighted by Gasteiger charge is 2.32. The van der Waals surface area contributed by atoms with Crippen LogP contribution in [0.25, 0.3) is 22.2 Å². The van der Waals surface area contributed by atoms with Crippen LogP contribution in [0.3, 0.4) is 0 Å². The predicted molar refractivity (Wildman–Crippen MR) is 116 cm³/mol. The molecule has 0 radical (unpaired) electrons. The smallest absolute Gasteiger partial charge is 0.357 e. The van der Waals surface area contributed by atoms with Crippen molar-refractivity contribution >= 4 is 28.6 Å². The van der Waals surface area contributed by atoms with Gasteiger partial charge in [0.05, 0.1) is 5.56 Å². The maximum Gasteiger partial charge on any atom is 0.416 e. The number of pyridine rings is 1. The first-order valence-corrected chi connectivity index (χ1v) is 9.75. The molecule has 0 aliphatic carbocycles. The van der Waals surface area contributed by atoms with E-state index in [1.165, 1.54) is 0 Å². The number of hydrogen-bond acceptors (Lipinski definition) is 5. The molecule has 2 aromatic carbocycles. The summed E-state index contributed by atoms with van der Waals surface area (Å²) in [6, 6.07) is 8.69. The number of anilines is 2. The number of alkyl halides is 3. The molecule has 2 aromatic heterocycles. The van der Waals surface area contributed by atoms with Crippen molar-refractivity contribution in [1.29, 1.82) is 0 Å². The van der Waals surface area contributed by atoms with Gasteiger partial charge in [0.25, 0.3) is 5.91 Å². The molecule has 33 heavy (non-hydrogen) atoms. The molecular weight excluding hydrogens is 438 g/mol. The van der Waals surface area contributed by atoms with Crippen molar-refractivity contribution in [2.45, 2.75) is 13.1 Å². The number of carbonyl (C=O) groups excluding carboxylic acids is 1. The van der Waals surface area contributed by atoms with Gasteiger partial charge < -0.3 is 10.6 Å². The fourth-order valence-electron chi connectivity index (χ4n) is 3.35. The summed E-state index contributed by atoms with van der Waals surface area (Å²) >= 11 is 0. The van der Waals surface area contributed by atoms with Crippen LogP contribution in [-0.2, 0) is 6.18 Å². The van der Waals surface area contributed by atoms with Gasteiger partial charge in [-0.15, -0.1) is 0 Å². The fraction of sp³-hybridized carbons (Fsp3) is 0.130. The number of rotatable bonds is 4. The molecule has 2 N–H and O–H groups in total. The van der Waals surface area contributed by atoms with Crippen LogP contribution in [0, 0.1) is 12.7 Å². The zero-order valence-corrected chi connectivity index (χ0v) is 17.5. The Hall–Kier alpha value is -4.08. The third-order valence-electron chi connectivity index (χ3n) is 5.04. The second-order valence-corrected chi connectivity index (χ2v) is 7.24. The molecule has 1 amide bonds. The second kappa shape index (κ2) is 8.45. The van der Waals surface area contributed by atoms with Gasteiger partial charge in [0.2, 0.25) is 5.95 Å². The summed E-state index contributed by atoms with van der Waals surface area (Å²) in [5.41, 5.74) is 1.36. The van der Waals surface area contributed by atoms with Gasteiger partial charge in [0, 0.05) is 41.6 Å². The lowest BCUT2D eigenvalue weighted by Crippen LogP contribution is -2.15. The quantitative estimate of drug-likeness (QED) is 0.400. The van der Waals surface area contributed by atoms with Gasteiger partial charge in [0.15, 0.2) is 5.65 Å². The number of amides is 1. The zero-order chi connectivity index (χ0) is 23.8. The number of nitrogens with zero attached hydrogens (tertiary/aromatic N) is 3. The topological polar surface area (TPSA) is 79.8 Å². The molecule has 6 nitrogen and oxygen atoms in total. The van der Waals surface area contributed by atoms with Crippen LogP contribution < -0.4 is 10.6 Å². The zero-order valence-electron chi connectivity index (χ0n) is 17.5. The molecule has 0 spiro atoms. The maximum atomic E-state index is 13.7. The second-order valence-electron chi connectivity index (χ2n) is 7.24. The molecule has 4 rings (SSSR count). The Bertz CT molecular complexity index is 1370. The number of halogens is 4. The van der Waals surface area contributed by atoms with E-state index >= 15 is 0 Å². The first-order chi connectivity index (χ1) is 15.7. The molecule has 2 heterocycles. The number of benzene rings is 2. The summed E-state index contributed by atoms with van der Waals surface area (Å²) in [5, 5.41) is 6.12. The third-order valence-corrected chi connectivity index (χ3v) is 5.04. The summed E-state index contributed by atoms with van der Waals surface area (Å²) < 4.78 is 52.6. The van der Waals surface area contributed by atoms with Crippen molar-refractivity contribution < 1.29 is 22.4 Å². The number of hydrogen-bond donors (Lipinski definition) is 2. The maximum absolute atomic E-state index is 13.7. The fourth-order valence-corrected chi connectivity index (χ4v) is 3.35. The summed E-state index contributed by atoms with van der Waals surface area (Å²) in [4.78, 5) is 25.4. The molecule has 0 unspecified atom stereocenters. The average Bonchev–Trinajstić information content (AvgIpc) is 2.78. The van der Waals surface area contributed by atoms with E-state index in [1.54, 1.807) is 38.5 Å². The standard InChI is InChI=1S/C23H17F4N5O/c1-12-18(14-6-15-11-30-22(28-2)32-20(15)29-10-14)4-3-5-19(12)31-21(33)13-7-16(23(25,26)27)9-17(24)8-13/h3-11H,1-2H3,(H,31,33)(H,28,29,30,32). The van der Waals surface area contributed by atoms with Gasteiger partial charge in [-0.2, -0.15) is 18.2 Å². The Kier molecular flexibility index (Phi) is 5.67. The Morgan fingerprint density at radius 3 is 2.55 bits per heavy atom. The van der Waals surface area contributed by atoms with Crippen molar-refractivity contribution in [3.63, 3.8) is 0 Å². The molecule has 0 fully saturated rings. The Morgan fingerprint density at radius 1 is 1.03 bits per heavy atom. The van der Waals surface area contributed by atoms with Gasteiger partial charge in [-0.3, -0.25) is 4.79 Å². The molecule has 10 heteroatoms. The van der Waals surface area contributed by atoms with Crippen molar-refractivity contribution in [3.05, 3.63) is 77.4 Å². The van der Waals surface area contributed by atoms with Gasteiger partial charge in [-0.25, -0.2) is 14.4 Å². The Labute approximate surface area is 185 Å². The first-order valence-electron chi connectivity index (χ1n) is 9.75. The van der Waals surface area contributed by atoms with E-state index in [2.05, 4.69) is 25.6 Å². The van der Waals surface area contributed by atoms with Crippen LogP contribution in [0.15, 0.2) is 54.9 Å². The summed E-state index contributed by atoms with van der Waals surface area (Å²) in [6.45, 7) is 1.75. The lowest BCUT2D eigenvalue weighted by molar-refractivity contribution is -0.137. The minimum Gasteiger partial charge on any atom is -0.357 e. The van der Waals surface area contributed by atoms with E-state index in [0.29, 0.717) is 40.4 Å². The van der Waals surface area contributed by atoms with Crippen LogP contribution >= 0.6 is 0 Å². The van der Waals surface area contributed by atoms with Crippen molar-refractivity contribution in [1.82, 2.24) is 15.0 Å². The summed E-state index contributed by atoms with van der Waals surface area (Å²) in [7, 11) is 1.70. The van der Waals surface area contributed by atoms with Crippen molar-refractivity contribution in [2.75, 3.05) is 17.7 Å². The predicted octanol–water partition coefficient (Wildman–Crippen LogP) is 5.45. The molecule has 0 saturated carbocycles. The molecule has 4 aromatic rings. The monoisotopic (exact) mass is 455 g/mol. The Balaban J connectivity index is 1.66. The van der Waals surface area contributed by atoms with Crippen LogP contribution in [0.1, 0.15) is 21.5 Å². The number of carbonyl (C=O) groups is 1. The minimum absolute atomic E-state index is 0.346.